The SMILES string of the molecule is C#CCN(c1nc(-c2ccc(Cl)cc2)no1)C1CCCCC1. The summed E-state index contributed by atoms with van der Waals surface area (Å²) >= 11 is 5.90. The Morgan fingerprint density at radius 3 is 2.64 bits per heavy atom. The molecule has 0 saturated heterocycles. The lowest BCUT2D eigenvalue weighted by Gasteiger charge is -2.31. The van der Waals surface area contributed by atoms with E-state index in [9.17, 15) is 0 Å². The second-order valence-electron chi connectivity index (χ2n) is 5.53. The van der Waals surface area contributed by atoms with E-state index in [4.69, 9.17) is 22.5 Å². The molecule has 22 heavy (non-hydrogen) atoms. The maximum absolute atomic E-state index is 5.90. The van der Waals surface area contributed by atoms with Crippen molar-refractivity contribution in [1.82, 2.24) is 10.1 Å². The highest BCUT2D eigenvalue weighted by Gasteiger charge is 2.25. The van der Waals surface area contributed by atoms with Gasteiger partial charge in [-0.25, -0.2) is 0 Å². The summed E-state index contributed by atoms with van der Waals surface area (Å²) in [6.07, 6.45) is 11.5. The number of hydrogen-bond donors (Lipinski definition) is 0. The third-order valence-electron chi connectivity index (χ3n) is 4.04. The molecule has 1 aromatic carbocycles. The van der Waals surface area contributed by atoms with Gasteiger partial charge in [0.2, 0.25) is 5.82 Å². The molecule has 0 atom stereocenters. The monoisotopic (exact) mass is 315 g/mol. The molecule has 1 fully saturated rings. The molecule has 0 aliphatic heterocycles. The molecule has 5 heteroatoms. The lowest BCUT2D eigenvalue weighted by Crippen LogP contribution is -2.37. The van der Waals surface area contributed by atoms with Gasteiger partial charge in [0.15, 0.2) is 0 Å². The molecular formula is C17H18ClN3O. The van der Waals surface area contributed by atoms with Crippen LogP contribution in [0.3, 0.4) is 0 Å². The summed E-state index contributed by atoms with van der Waals surface area (Å²) < 4.78 is 5.45. The number of anilines is 1. The molecule has 3 rings (SSSR count). The van der Waals surface area contributed by atoms with Crippen LogP contribution in [-0.2, 0) is 0 Å². The number of rotatable bonds is 4. The molecule has 1 aromatic heterocycles. The van der Waals surface area contributed by atoms with Crippen LogP contribution in [0.25, 0.3) is 11.4 Å². The summed E-state index contributed by atoms with van der Waals surface area (Å²) in [5.74, 6) is 3.26. The first-order valence-electron chi connectivity index (χ1n) is 7.57. The van der Waals surface area contributed by atoms with E-state index >= 15 is 0 Å². The average molecular weight is 316 g/mol. The van der Waals surface area contributed by atoms with E-state index in [0.29, 0.717) is 29.4 Å². The van der Waals surface area contributed by atoms with Crippen molar-refractivity contribution in [2.75, 3.05) is 11.4 Å². The zero-order chi connectivity index (χ0) is 15.4. The van der Waals surface area contributed by atoms with E-state index in [1.807, 2.05) is 24.3 Å². The molecule has 1 aliphatic carbocycles. The van der Waals surface area contributed by atoms with Gasteiger partial charge in [-0.2, -0.15) is 4.98 Å². The minimum absolute atomic E-state index is 0.392. The number of benzene rings is 1. The zero-order valence-electron chi connectivity index (χ0n) is 12.3. The minimum atomic E-state index is 0.392. The van der Waals surface area contributed by atoms with Gasteiger partial charge in [0, 0.05) is 16.6 Å². The van der Waals surface area contributed by atoms with E-state index in [2.05, 4.69) is 21.0 Å². The van der Waals surface area contributed by atoms with Crippen LogP contribution in [-0.4, -0.2) is 22.7 Å². The Hall–Kier alpha value is -1.99. The van der Waals surface area contributed by atoms with Crippen LogP contribution < -0.4 is 4.90 Å². The van der Waals surface area contributed by atoms with Gasteiger partial charge in [0.25, 0.3) is 0 Å². The van der Waals surface area contributed by atoms with Crippen LogP contribution in [0.5, 0.6) is 0 Å². The van der Waals surface area contributed by atoms with Gasteiger partial charge in [0.1, 0.15) is 0 Å². The quantitative estimate of drug-likeness (QED) is 0.794. The number of halogens is 1. The number of hydrogen-bond acceptors (Lipinski definition) is 4. The summed E-state index contributed by atoms with van der Waals surface area (Å²) in [7, 11) is 0. The smallest absolute Gasteiger partial charge is 0.315 e. The normalized spacial score (nSPS) is 15.5. The van der Waals surface area contributed by atoms with Crippen molar-refractivity contribution in [3.63, 3.8) is 0 Å². The van der Waals surface area contributed by atoms with E-state index in [1.54, 1.807) is 0 Å². The number of aromatic nitrogens is 2. The fourth-order valence-electron chi connectivity index (χ4n) is 2.89. The van der Waals surface area contributed by atoms with E-state index < -0.39 is 0 Å². The van der Waals surface area contributed by atoms with Crippen molar-refractivity contribution in [3.05, 3.63) is 29.3 Å². The molecule has 0 unspecified atom stereocenters. The molecule has 2 aromatic rings. The van der Waals surface area contributed by atoms with E-state index in [-0.39, 0.29) is 0 Å². The Morgan fingerprint density at radius 2 is 1.95 bits per heavy atom. The predicted octanol–water partition coefficient (Wildman–Crippen LogP) is 4.16. The Kier molecular flexibility index (Phi) is 4.65. The van der Waals surface area contributed by atoms with Crippen molar-refractivity contribution in [1.29, 1.82) is 0 Å². The molecule has 114 valence electrons. The highest BCUT2D eigenvalue weighted by atomic mass is 35.5. The highest BCUT2D eigenvalue weighted by molar-refractivity contribution is 6.30. The molecule has 0 radical (unpaired) electrons. The molecule has 1 aliphatic rings. The second kappa shape index (κ2) is 6.85. The lowest BCUT2D eigenvalue weighted by atomic mass is 9.94. The van der Waals surface area contributed by atoms with Gasteiger partial charge in [-0.1, -0.05) is 41.9 Å². The Balaban J connectivity index is 1.83. The van der Waals surface area contributed by atoms with Crippen molar-refractivity contribution in [2.45, 2.75) is 38.1 Å². The van der Waals surface area contributed by atoms with Crippen LogP contribution in [0.15, 0.2) is 28.8 Å². The molecule has 1 heterocycles. The topological polar surface area (TPSA) is 42.2 Å². The van der Waals surface area contributed by atoms with Crippen molar-refractivity contribution in [2.24, 2.45) is 0 Å². The van der Waals surface area contributed by atoms with Crippen LogP contribution in [0.1, 0.15) is 32.1 Å². The Bertz CT molecular complexity index is 653. The second-order valence-corrected chi connectivity index (χ2v) is 5.97. The van der Waals surface area contributed by atoms with Crippen LogP contribution >= 0.6 is 11.6 Å². The van der Waals surface area contributed by atoms with Crippen molar-refractivity contribution >= 4 is 17.6 Å². The number of nitrogens with zero attached hydrogens (tertiary/aromatic N) is 3. The Labute approximate surface area is 135 Å². The van der Waals surface area contributed by atoms with Crippen LogP contribution in [0.4, 0.5) is 6.01 Å². The fourth-order valence-corrected chi connectivity index (χ4v) is 3.02. The molecule has 4 nitrogen and oxygen atoms in total. The largest absolute Gasteiger partial charge is 0.325 e. The van der Waals surface area contributed by atoms with Gasteiger partial charge in [-0.3, -0.25) is 0 Å². The summed E-state index contributed by atoms with van der Waals surface area (Å²) in [6.45, 7) is 0.493. The number of terminal acetylenes is 1. The van der Waals surface area contributed by atoms with Crippen molar-refractivity contribution in [3.8, 4) is 23.7 Å². The first-order valence-corrected chi connectivity index (χ1v) is 7.95. The standard InChI is InChI=1S/C17H18ClN3O/c1-2-12-21(15-6-4-3-5-7-15)17-19-16(20-22-17)13-8-10-14(18)11-9-13/h1,8-11,15H,3-7,12H2. The maximum atomic E-state index is 5.90. The third kappa shape index (κ3) is 3.26. The third-order valence-corrected chi connectivity index (χ3v) is 4.29. The first kappa shape index (κ1) is 14.9. The van der Waals surface area contributed by atoms with E-state index in [0.717, 1.165) is 18.4 Å². The maximum Gasteiger partial charge on any atom is 0.325 e. The van der Waals surface area contributed by atoms with Gasteiger partial charge in [-0.15, -0.1) is 6.42 Å². The van der Waals surface area contributed by atoms with Gasteiger partial charge in [0.05, 0.1) is 6.54 Å². The summed E-state index contributed by atoms with van der Waals surface area (Å²) in [5, 5.41) is 4.76. The first-order chi connectivity index (χ1) is 10.8. The highest BCUT2D eigenvalue weighted by Crippen LogP contribution is 2.28. The fraction of sp³-hybridized carbons (Fsp3) is 0.412. The van der Waals surface area contributed by atoms with Gasteiger partial charge < -0.3 is 9.42 Å². The molecule has 0 bridgehead atoms. The van der Waals surface area contributed by atoms with E-state index in [1.165, 1.54) is 19.3 Å². The average Bonchev–Trinajstić information content (AvgIpc) is 3.04. The van der Waals surface area contributed by atoms with Crippen molar-refractivity contribution < 1.29 is 4.52 Å². The molecule has 0 N–H and O–H groups in total. The molecule has 0 spiro atoms. The lowest BCUT2D eigenvalue weighted by molar-refractivity contribution is 0.369. The van der Waals surface area contributed by atoms with Gasteiger partial charge >= 0.3 is 6.01 Å². The molecule has 1 saturated carbocycles. The predicted molar refractivity (Wildman–Crippen MR) is 87.8 cm³/mol. The Morgan fingerprint density at radius 1 is 1.23 bits per heavy atom. The minimum Gasteiger partial charge on any atom is -0.315 e. The molecular weight excluding hydrogens is 298 g/mol. The summed E-state index contributed by atoms with van der Waals surface area (Å²) in [4.78, 5) is 6.57. The summed E-state index contributed by atoms with van der Waals surface area (Å²) in [5.41, 5.74) is 0.878. The molecule has 0 amide bonds. The van der Waals surface area contributed by atoms with Crippen LogP contribution in [0, 0.1) is 12.3 Å². The zero-order valence-corrected chi connectivity index (χ0v) is 13.1. The van der Waals surface area contributed by atoms with Gasteiger partial charge in [-0.05, 0) is 37.1 Å². The van der Waals surface area contributed by atoms with Crippen LogP contribution in [0.2, 0.25) is 5.02 Å². The summed E-state index contributed by atoms with van der Waals surface area (Å²) in [6, 6.07) is 8.28.